The minimum Gasteiger partial charge on any atom is -0.504 e. The Morgan fingerprint density at radius 2 is 1.88 bits per heavy atom. The van der Waals surface area contributed by atoms with Crippen molar-refractivity contribution < 1.29 is 29.0 Å². The first-order valence-corrected chi connectivity index (χ1v) is 5.32. The molecule has 0 saturated heterocycles. The van der Waals surface area contributed by atoms with Gasteiger partial charge in [0, 0.05) is 6.42 Å². The van der Waals surface area contributed by atoms with E-state index in [1.165, 1.54) is 0 Å². The molecule has 1 aliphatic rings. The minimum atomic E-state index is -1.13. The minimum absolute atomic E-state index is 0.133. The van der Waals surface area contributed by atoms with Gasteiger partial charge in [0.25, 0.3) is 0 Å². The summed E-state index contributed by atoms with van der Waals surface area (Å²) in [7, 11) is 0. The molecule has 0 aromatic heterocycles. The Hall–Kier alpha value is -1.85. The molecule has 17 heavy (non-hydrogen) atoms. The predicted molar refractivity (Wildman–Crippen MR) is 56.0 cm³/mol. The fraction of sp³-hybridized carbons (Fsp3) is 0.545. The van der Waals surface area contributed by atoms with Crippen molar-refractivity contribution in [3.05, 3.63) is 11.3 Å². The third-order valence-electron chi connectivity index (χ3n) is 2.34. The number of Topliss-reactive ketones (excluding diaryl/α,β-unsaturated/α-hetero) is 1. The molecule has 1 atom stereocenters. The number of carbonyl (C=O) groups excluding carboxylic acids is 3. The number of allylic oxidation sites excluding steroid dienone is 1. The molecule has 6 nitrogen and oxygen atoms in total. The first-order chi connectivity index (χ1) is 8.02. The highest BCUT2D eigenvalue weighted by Gasteiger charge is 2.42. The monoisotopic (exact) mass is 242 g/mol. The van der Waals surface area contributed by atoms with E-state index < -0.39 is 29.4 Å². The van der Waals surface area contributed by atoms with E-state index in [4.69, 9.17) is 0 Å². The van der Waals surface area contributed by atoms with Crippen molar-refractivity contribution in [3.8, 4) is 0 Å². The average molecular weight is 242 g/mol. The van der Waals surface area contributed by atoms with Gasteiger partial charge in [-0.2, -0.15) is 0 Å². The molecule has 0 aliphatic heterocycles. The van der Waals surface area contributed by atoms with Crippen molar-refractivity contribution in [2.24, 2.45) is 5.92 Å². The fourth-order valence-corrected chi connectivity index (χ4v) is 1.54. The highest BCUT2D eigenvalue weighted by Crippen LogP contribution is 2.28. The molecule has 0 aromatic rings. The van der Waals surface area contributed by atoms with Gasteiger partial charge in [-0.05, 0) is 13.8 Å². The van der Waals surface area contributed by atoms with Gasteiger partial charge in [-0.3, -0.25) is 9.59 Å². The SMILES string of the molecule is CCOC(=O)C1=C(O)C(=O)[C@H](C(=O)OCC)C1. The van der Waals surface area contributed by atoms with Crippen molar-refractivity contribution in [2.45, 2.75) is 20.3 Å². The largest absolute Gasteiger partial charge is 0.504 e. The normalized spacial score (nSPS) is 19.4. The third kappa shape index (κ3) is 2.64. The fourth-order valence-electron chi connectivity index (χ4n) is 1.54. The number of hydrogen-bond acceptors (Lipinski definition) is 6. The summed E-state index contributed by atoms with van der Waals surface area (Å²) >= 11 is 0. The van der Waals surface area contributed by atoms with Crippen LogP contribution < -0.4 is 0 Å². The van der Waals surface area contributed by atoms with Crippen LogP contribution in [-0.2, 0) is 23.9 Å². The van der Waals surface area contributed by atoms with Crippen LogP contribution >= 0.6 is 0 Å². The van der Waals surface area contributed by atoms with E-state index in [1.807, 2.05) is 0 Å². The molecular formula is C11H14O6. The highest BCUT2D eigenvalue weighted by molar-refractivity contribution is 6.14. The molecule has 0 radical (unpaired) electrons. The Morgan fingerprint density at radius 3 is 2.41 bits per heavy atom. The second kappa shape index (κ2) is 5.47. The Kier molecular flexibility index (Phi) is 4.25. The Balaban J connectivity index is 2.81. The number of ketones is 1. The molecule has 0 unspecified atom stereocenters. The lowest BCUT2D eigenvalue weighted by Gasteiger charge is -2.07. The third-order valence-corrected chi connectivity index (χ3v) is 2.34. The molecule has 0 bridgehead atoms. The summed E-state index contributed by atoms with van der Waals surface area (Å²) in [5, 5.41) is 9.46. The van der Waals surface area contributed by atoms with E-state index in [0.717, 1.165) is 0 Å². The van der Waals surface area contributed by atoms with Crippen molar-refractivity contribution >= 4 is 17.7 Å². The van der Waals surface area contributed by atoms with Crippen LogP contribution in [0, 0.1) is 5.92 Å². The van der Waals surface area contributed by atoms with Gasteiger partial charge in [-0.25, -0.2) is 4.79 Å². The van der Waals surface area contributed by atoms with Gasteiger partial charge in [0.1, 0.15) is 5.92 Å². The van der Waals surface area contributed by atoms with E-state index >= 15 is 0 Å². The number of esters is 2. The molecule has 0 fully saturated rings. The number of aliphatic hydroxyl groups excluding tert-OH is 1. The Morgan fingerprint density at radius 1 is 1.29 bits per heavy atom. The van der Waals surface area contributed by atoms with Gasteiger partial charge < -0.3 is 14.6 Å². The molecule has 0 saturated carbocycles. The van der Waals surface area contributed by atoms with Crippen LogP contribution in [0.5, 0.6) is 0 Å². The standard InChI is InChI=1S/C11H14O6/c1-3-16-10(14)6-5-7(9(13)8(6)12)11(15)17-4-2/h6,13H,3-5H2,1-2H3/t6-/m1/s1. The zero-order chi connectivity index (χ0) is 13.0. The molecule has 0 heterocycles. The number of hydrogen-bond donors (Lipinski definition) is 1. The van der Waals surface area contributed by atoms with Crippen molar-refractivity contribution in [1.29, 1.82) is 0 Å². The molecule has 1 N–H and O–H groups in total. The van der Waals surface area contributed by atoms with Gasteiger partial charge in [0.15, 0.2) is 5.76 Å². The van der Waals surface area contributed by atoms with E-state index in [2.05, 4.69) is 9.47 Å². The van der Waals surface area contributed by atoms with Crippen LogP contribution in [0.25, 0.3) is 0 Å². The zero-order valence-electron chi connectivity index (χ0n) is 9.69. The highest BCUT2D eigenvalue weighted by atomic mass is 16.5. The summed E-state index contributed by atoms with van der Waals surface area (Å²) < 4.78 is 9.35. The number of carbonyl (C=O) groups is 3. The lowest BCUT2D eigenvalue weighted by Crippen LogP contribution is -2.23. The molecule has 1 aliphatic carbocycles. The van der Waals surface area contributed by atoms with E-state index in [9.17, 15) is 19.5 Å². The van der Waals surface area contributed by atoms with Gasteiger partial charge in [-0.1, -0.05) is 0 Å². The summed E-state index contributed by atoms with van der Waals surface area (Å²) in [4.78, 5) is 34.3. The maximum absolute atomic E-state index is 11.5. The summed E-state index contributed by atoms with van der Waals surface area (Å²) in [6, 6.07) is 0. The molecule has 0 amide bonds. The second-order valence-corrected chi connectivity index (χ2v) is 3.42. The summed E-state index contributed by atoms with van der Waals surface area (Å²) in [5.41, 5.74) is -0.157. The van der Waals surface area contributed by atoms with Crippen LogP contribution in [0.3, 0.4) is 0 Å². The van der Waals surface area contributed by atoms with E-state index in [1.54, 1.807) is 13.8 Å². The van der Waals surface area contributed by atoms with Gasteiger partial charge >= 0.3 is 11.9 Å². The van der Waals surface area contributed by atoms with Crippen LogP contribution in [0.1, 0.15) is 20.3 Å². The maximum atomic E-state index is 11.5. The van der Waals surface area contributed by atoms with Crippen LogP contribution in [0.15, 0.2) is 11.3 Å². The molecule has 0 aromatic carbocycles. The number of rotatable bonds is 4. The Bertz CT molecular complexity index is 381. The van der Waals surface area contributed by atoms with Crippen LogP contribution in [-0.4, -0.2) is 36.0 Å². The lowest BCUT2D eigenvalue weighted by atomic mass is 10.1. The summed E-state index contributed by atoms with van der Waals surface area (Å²) in [6.45, 7) is 3.48. The van der Waals surface area contributed by atoms with Crippen LogP contribution in [0.2, 0.25) is 0 Å². The molecule has 6 heteroatoms. The molecule has 0 spiro atoms. The van der Waals surface area contributed by atoms with Crippen molar-refractivity contribution in [1.82, 2.24) is 0 Å². The van der Waals surface area contributed by atoms with E-state index in [-0.39, 0.29) is 25.2 Å². The topological polar surface area (TPSA) is 89.9 Å². The lowest BCUT2D eigenvalue weighted by molar-refractivity contribution is -0.150. The smallest absolute Gasteiger partial charge is 0.337 e. The Labute approximate surface area is 98.2 Å². The van der Waals surface area contributed by atoms with Crippen molar-refractivity contribution in [3.63, 3.8) is 0 Å². The molecular weight excluding hydrogens is 228 g/mol. The quantitative estimate of drug-likeness (QED) is 0.570. The molecule has 94 valence electrons. The average Bonchev–Trinajstić information content (AvgIpc) is 2.57. The van der Waals surface area contributed by atoms with Crippen LogP contribution in [0.4, 0.5) is 0 Å². The van der Waals surface area contributed by atoms with E-state index in [0.29, 0.717) is 0 Å². The van der Waals surface area contributed by atoms with Gasteiger partial charge in [0.2, 0.25) is 5.78 Å². The van der Waals surface area contributed by atoms with Gasteiger partial charge in [-0.15, -0.1) is 0 Å². The summed E-state index contributed by atoms with van der Waals surface area (Å²) in [5.74, 6) is -4.11. The number of aliphatic hydroxyl groups is 1. The maximum Gasteiger partial charge on any atom is 0.337 e. The van der Waals surface area contributed by atoms with Gasteiger partial charge in [0.05, 0.1) is 18.8 Å². The summed E-state index contributed by atoms with van der Waals surface area (Å²) in [6.07, 6.45) is -0.164. The first-order valence-electron chi connectivity index (χ1n) is 5.32. The number of ether oxygens (including phenoxy) is 2. The second-order valence-electron chi connectivity index (χ2n) is 3.42. The zero-order valence-corrected chi connectivity index (χ0v) is 9.69. The predicted octanol–water partition coefficient (Wildman–Crippen LogP) is 0.514. The first kappa shape index (κ1) is 13.2. The molecule has 1 rings (SSSR count). The van der Waals surface area contributed by atoms with Crippen molar-refractivity contribution in [2.75, 3.05) is 13.2 Å².